The van der Waals surface area contributed by atoms with Crippen molar-refractivity contribution in [1.82, 2.24) is 14.8 Å². The topological polar surface area (TPSA) is 113 Å². The van der Waals surface area contributed by atoms with Gasteiger partial charge in [0, 0.05) is 29.8 Å². The summed E-state index contributed by atoms with van der Waals surface area (Å²) in [6.07, 6.45) is 13.5. The smallest absolute Gasteiger partial charge is 0.335 e. The van der Waals surface area contributed by atoms with Crippen LogP contribution in [-0.4, -0.2) is 65.0 Å². The first-order chi connectivity index (χ1) is 26.0. The minimum atomic E-state index is -1.09. The Kier molecular flexibility index (Phi) is 25.8. The molecule has 1 aliphatic rings. The van der Waals surface area contributed by atoms with Gasteiger partial charge in [-0.2, -0.15) is 0 Å². The van der Waals surface area contributed by atoms with E-state index < -0.39 is 5.97 Å². The first-order valence-corrected chi connectivity index (χ1v) is 19.3. The van der Waals surface area contributed by atoms with Crippen LogP contribution in [0.1, 0.15) is 126 Å². The quantitative estimate of drug-likeness (QED) is 0.149. The van der Waals surface area contributed by atoms with E-state index in [1.807, 2.05) is 41.5 Å². The van der Waals surface area contributed by atoms with Gasteiger partial charge in [0.15, 0.2) is 0 Å². The summed E-state index contributed by atoms with van der Waals surface area (Å²) in [6, 6.07) is 13.6. The molecule has 0 saturated heterocycles. The van der Waals surface area contributed by atoms with E-state index in [0.29, 0.717) is 47.5 Å². The Bertz CT molecular complexity index is 1570. The molecule has 0 radical (unpaired) electrons. The van der Waals surface area contributed by atoms with E-state index in [1.54, 1.807) is 24.8 Å². The van der Waals surface area contributed by atoms with E-state index in [-0.39, 0.29) is 17.3 Å². The van der Waals surface area contributed by atoms with Gasteiger partial charge in [-0.1, -0.05) is 78.8 Å². The lowest BCUT2D eigenvalue weighted by atomic mass is 9.99. The molecular formula is C44H66F2N4O4. The third kappa shape index (κ3) is 16.7. The molecule has 8 nitrogen and oxygen atoms in total. The lowest BCUT2D eigenvalue weighted by molar-refractivity contribution is 0.0697. The normalized spacial score (nSPS) is 12.9. The number of benzene rings is 2. The van der Waals surface area contributed by atoms with Crippen LogP contribution >= 0.6 is 0 Å². The van der Waals surface area contributed by atoms with Gasteiger partial charge in [0.25, 0.3) is 5.91 Å². The van der Waals surface area contributed by atoms with Crippen molar-refractivity contribution in [2.24, 2.45) is 5.73 Å². The standard InChI is InChI=1S/C17H20N2O4.C15H24N2.C8H10F2.2C2H6/c1-3-6-19(7-4-2)16(20)13-9-12(15-18-5-8-23-15)10-14(11-13)17(21)22;1-3-13-6-4-7-14(12-13)15(8-9-15)17(2)11-5-10-16;1-3-8(10)6-7(2)4-5-9;2*1-2/h5,8-11H,3-4,6-7H2,1-2H3,(H,21,22);4,6-7,12H,3,5,8-11,16H2,1-2H3;3-6H,1-2H3;2*1-2H3/b;;5-4+,7-6-,8-3+;;. The van der Waals surface area contributed by atoms with Gasteiger partial charge in [-0.25, -0.2) is 18.6 Å². The number of nitrogens with two attached hydrogens (primary N) is 1. The Morgan fingerprint density at radius 2 is 1.63 bits per heavy atom. The molecule has 54 heavy (non-hydrogen) atoms. The average Bonchev–Trinajstić information content (AvgIpc) is 3.83. The molecule has 0 spiro atoms. The van der Waals surface area contributed by atoms with Crippen LogP contribution in [0.3, 0.4) is 0 Å². The predicted molar refractivity (Wildman–Crippen MR) is 220 cm³/mol. The molecule has 300 valence electrons. The molecule has 1 fully saturated rings. The third-order valence-corrected chi connectivity index (χ3v) is 8.37. The highest BCUT2D eigenvalue weighted by molar-refractivity contribution is 5.99. The van der Waals surface area contributed by atoms with Gasteiger partial charge in [0.1, 0.15) is 12.1 Å². The van der Waals surface area contributed by atoms with Crippen molar-refractivity contribution >= 4 is 11.9 Å². The number of oxazole rings is 1. The molecule has 3 N–H and O–H groups in total. The van der Waals surface area contributed by atoms with Gasteiger partial charge in [0.2, 0.25) is 5.89 Å². The van der Waals surface area contributed by atoms with Crippen LogP contribution in [0.25, 0.3) is 11.5 Å². The lowest BCUT2D eigenvalue weighted by Gasteiger charge is -2.28. The van der Waals surface area contributed by atoms with Crippen molar-refractivity contribution in [3.63, 3.8) is 0 Å². The molecule has 1 aromatic heterocycles. The highest BCUT2D eigenvalue weighted by atomic mass is 19.1. The van der Waals surface area contributed by atoms with Crippen molar-refractivity contribution < 1.29 is 27.9 Å². The molecule has 0 unspecified atom stereocenters. The minimum Gasteiger partial charge on any atom is -0.478 e. The summed E-state index contributed by atoms with van der Waals surface area (Å²) in [6.45, 7) is 20.6. The molecule has 1 aliphatic carbocycles. The maximum absolute atomic E-state index is 12.7. The van der Waals surface area contributed by atoms with E-state index in [9.17, 15) is 23.5 Å². The molecule has 0 bridgehead atoms. The molecule has 10 heteroatoms. The number of amides is 1. The van der Waals surface area contributed by atoms with Crippen molar-refractivity contribution in [1.29, 1.82) is 0 Å². The Morgan fingerprint density at radius 3 is 2.11 bits per heavy atom. The fourth-order valence-corrected chi connectivity index (χ4v) is 5.48. The zero-order valence-electron chi connectivity index (χ0n) is 34.4. The number of hydrogen-bond donors (Lipinski definition) is 2. The van der Waals surface area contributed by atoms with Crippen molar-refractivity contribution in [3.05, 3.63) is 113 Å². The van der Waals surface area contributed by atoms with Gasteiger partial charge in [-0.3, -0.25) is 9.69 Å². The summed E-state index contributed by atoms with van der Waals surface area (Å²) in [5, 5.41) is 9.28. The van der Waals surface area contributed by atoms with Crippen LogP contribution in [0, 0.1) is 0 Å². The van der Waals surface area contributed by atoms with E-state index in [2.05, 4.69) is 48.1 Å². The SMILES string of the molecule is CC.CC.CCCN(CCC)C(=O)c1cc(C(=O)O)cc(-c2ncco2)c1.CCc1cccc(C2(N(C)CCCN)CC2)c1.C\C=C(F)/C=C(C)\C=C\F. The number of rotatable bonds is 15. The number of nitrogens with zero attached hydrogens (tertiary/aromatic N) is 3. The second-order valence-corrected chi connectivity index (χ2v) is 12.2. The number of carbonyl (C=O) groups is 2. The van der Waals surface area contributed by atoms with Gasteiger partial charge >= 0.3 is 5.97 Å². The Morgan fingerprint density at radius 1 is 1.00 bits per heavy atom. The van der Waals surface area contributed by atoms with Crippen LogP contribution in [0.15, 0.2) is 95.3 Å². The third-order valence-electron chi connectivity index (χ3n) is 8.37. The van der Waals surface area contributed by atoms with Crippen molar-refractivity contribution in [2.45, 2.75) is 106 Å². The second kappa shape index (κ2) is 28.1. The first-order valence-electron chi connectivity index (χ1n) is 19.3. The Labute approximate surface area is 323 Å². The van der Waals surface area contributed by atoms with E-state index in [0.717, 1.165) is 38.8 Å². The molecule has 1 saturated carbocycles. The highest BCUT2D eigenvalue weighted by Gasteiger charge is 2.47. The number of carbonyl (C=O) groups excluding carboxylic acids is 1. The Hall–Kier alpha value is -4.41. The van der Waals surface area contributed by atoms with Crippen LogP contribution in [0.4, 0.5) is 8.78 Å². The molecule has 2 aromatic carbocycles. The largest absolute Gasteiger partial charge is 0.478 e. The van der Waals surface area contributed by atoms with Crippen LogP contribution in [0.2, 0.25) is 0 Å². The molecule has 4 rings (SSSR count). The fourth-order valence-electron chi connectivity index (χ4n) is 5.48. The zero-order valence-corrected chi connectivity index (χ0v) is 34.4. The lowest BCUT2D eigenvalue weighted by Crippen LogP contribution is -2.33. The summed E-state index contributed by atoms with van der Waals surface area (Å²) in [5.74, 6) is -1.33. The molecule has 1 heterocycles. The first kappa shape index (κ1) is 49.6. The number of hydrogen-bond acceptors (Lipinski definition) is 6. The summed E-state index contributed by atoms with van der Waals surface area (Å²) in [5.41, 5.74) is 10.3. The van der Waals surface area contributed by atoms with Gasteiger partial charge in [-0.05, 0) is 120 Å². The number of carboxylic acids is 1. The molecule has 1 amide bonds. The van der Waals surface area contributed by atoms with Crippen LogP contribution in [0.5, 0.6) is 0 Å². The molecule has 0 aliphatic heterocycles. The average molecular weight is 753 g/mol. The highest BCUT2D eigenvalue weighted by Crippen LogP contribution is 2.50. The fraction of sp³-hybridized carbons (Fsp3) is 0.477. The summed E-state index contributed by atoms with van der Waals surface area (Å²) in [4.78, 5) is 32.3. The maximum Gasteiger partial charge on any atom is 0.335 e. The monoisotopic (exact) mass is 753 g/mol. The number of carboxylic acid groups (broad SMARTS) is 1. The Balaban J connectivity index is 0.000000797. The number of allylic oxidation sites excluding steroid dienone is 5. The summed E-state index contributed by atoms with van der Waals surface area (Å²) >= 11 is 0. The number of aromatic carboxylic acids is 1. The predicted octanol–water partition coefficient (Wildman–Crippen LogP) is 11.2. The zero-order chi connectivity index (χ0) is 41.1. The minimum absolute atomic E-state index is 0.0389. The van der Waals surface area contributed by atoms with Gasteiger partial charge in [-0.15, -0.1) is 0 Å². The molecular weight excluding hydrogens is 687 g/mol. The maximum atomic E-state index is 12.7. The van der Waals surface area contributed by atoms with Gasteiger partial charge in [0.05, 0.1) is 18.1 Å². The van der Waals surface area contributed by atoms with Crippen LogP contribution < -0.4 is 5.73 Å². The van der Waals surface area contributed by atoms with E-state index >= 15 is 0 Å². The van der Waals surface area contributed by atoms with Crippen LogP contribution in [-0.2, 0) is 12.0 Å². The van der Waals surface area contributed by atoms with Crippen molar-refractivity contribution in [3.8, 4) is 11.5 Å². The van der Waals surface area contributed by atoms with E-state index in [1.165, 1.54) is 66.8 Å². The number of halogens is 2. The molecule has 3 aromatic rings. The second-order valence-electron chi connectivity index (χ2n) is 12.2. The van der Waals surface area contributed by atoms with E-state index in [4.69, 9.17) is 10.2 Å². The van der Waals surface area contributed by atoms with Crippen molar-refractivity contribution in [2.75, 3.05) is 33.2 Å². The number of aromatic nitrogens is 1. The van der Waals surface area contributed by atoms with Gasteiger partial charge < -0.3 is 20.2 Å². The summed E-state index contributed by atoms with van der Waals surface area (Å²) in [7, 11) is 2.24. The number of aryl methyl sites for hydroxylation is 1. The molecule has 0 atom stereocenters. The summed E-state index contributed by atoms with van der Waals surface area (Å²) < 4.78 is 29.0.